The molecule has 2 saturated heterocycles. The number of nitrogens with zero attached hydrogens (tertiary/aromatic N) is 2. The molecular formula is C14H20FN2+. The Kier molecular flexibility index (Phi) is 2.79. The van der Waals surface area contributed by atoms with Gasteiger partial charge in [0.2, 0.25) is 0 Å². The van der Waals surface area contributed by atoms with Crippen LogP contribution in [0.15, 0.2) is 24.3 Å². The van der Waals surface area contributed by atoms with Gasteiger partial charge >= 0.3 is 0 Å². The molecule has 0 amide bonds. The first-order valence-corrected chi connectivity index (χ1v) is 6.63. The summed E-state index contributed by atoms with van der Waals surface area (Å²) in [5.41, 5.74) is 1.04. The first kappa shape index (κ1) is 11.0. The Morgan fingerprint density at radius 3 is 2.35 bits per heavy atom. The van der Waals surface area contributed by atoms with Gasteiger partial charge in [0.05, 0.1) is 39.3 Å². The predicted octanol–water partition coefficient (Wildman–Crippen LogP) is 2.26. The molecule has 2 aliphatic rings. The van der Waals surface area contributed by atoms with E-state index in [0.717, 1.165) is 18.8 Å². The van der Waals surface area contributed by atoms with E-state index in [0.29, 0.717) is 0 Å². The Balaban J connectivity index is 1.68. The monoisotopic (exact) mass is 235 g/mol. The van der Waals surface area contributed by atoms with Gasteiger partial charge in [-0.15, -0.1) is 0 Å². The van der Waals surface area contributed by atoms with E-state index in [4.69, 9.17) is 0 Å². The zero-order valence-corrected chi connectivity index (χ0v) is 10.2. The maximum atomic E-state index is 13.2. The second kappa shape index (κ2) is 4.30. The third kappa shape index (κ3) is 2.16. The van der Waals surface area contributed by atoms with Gasteiger partial charge in [0.1, 0.15) is 5.82 Å². The highest BCUT2D eigenvalue weighted by Crippen LogP contribution is 2.25. The molecule has 0 bridgehead atoms. The Morgan fingerprint density at radius 2 is 1.71 bits per heavy atom. The summed E-state index contributed by atoms with van der Waals surface area (Å²) in [6, 6.07) is 6.99. The first-order chi connectivity index (χ1) is 8.27. The Morgan fingerprint density at radius 1 is 1.00 bits per heavy atom. The minimum atomic E-state index is -0.127. The van der Waals surface area contributed by atoms with Crippen molar-refractivity contribution in [2.24, 2.45) is 0 Å². The van der Waals surface area contributed by atoms with Crippen LogP contribution in [0.25, 0.3) is 0 Å². The molecule has 2 nitrogen and oxygen atoms in total. The Hall–Kier alpha value is -1.09. The van der Waals surface area contributed by atoms with Crippen molar-refractivity contribution in [3.8, 4) is 0 Å². The Labute approximate surface area is 102 Å². The normalized spacial score (nSPS) is 23.2. The van der Waals surface area contributed by atoms with Gasteiger partial charge in [0.25, 0.3) is 0 Å². The molecule has 92 valence electrons. The highest BCUT2D eigenvalue weighted by atomic mass is 19.1. The van der Waals surface area contributed by atoms with E-state index in [1.165, 1.54) is 49.6 Å². The minimum absolute atomic E-state index is 0.127. The molecule has 0 radical (unpaired) electrons. The van der Waals surface area contributed by atoms with Crippen molar-refractivity contribution in [2.45, 2.75) is 12.8 Å². The van der Waals surface area contributed by atoms with Crippen LogP contribution in [0.1, 0.15) is 12.8 Å². The molecule has 2 heterocycles. The van der Waals surface area contributed by atoms with Crippen molar-refractivity contribution in [1.29, 1.82) is 0 Å². The number of quaternary nitrogens is 1. The highest BCUT2D eigenvalue weighted by Gasteiger charge is 2.35. The van der Waals surface area contributed by atoms with E-state index < -0.39 is 0 Å². The van der Waals surface area contributed by atoms with Gasteiger partial charge in [-0.1, -0.05) is 6.07 Å². The maximum absolute atomic E-state index is 13.2. The Bertz CT molecular complexity index is 389. The summed E-state index contributed by atoms with van der Waals surface area (Å²) >= 11 is 0. The molecule has 1 spiro atoms. The lowest BCUT2D eigenvalue weighted by atomic mass is 10.2. The summed E-state index contributed by atoms with van der Waals surface area (Å²) in [6.07, 6.45) is 2.78. The van der Waals surface area contributed by atoms with Crippen molar-refractivity contribution in [2.75, 3.05) is 44.2 Å². The smallest absolute Gasteiger partial charge is 0.125 e. The predicted molar refractivity (Wildman–Crippen MR) is 67.6 cm³/mol. The third-order valence-electron chi connectivity index (χ3n) is 4.38. The quantitative estimate of drug-likeness (QED) is 0.675. The molecule has 3 rings (SSSR count). The van der Waals surface area contributed by atoms with E-state index in [-0.39, 0.29) is 5.82 Å². The number of rotatable bonds is 1. The lowest BCUT2D eigenvalue weighted by Gasteiger charge is -2.42. The summed E-state index contributed by atoms with van der Waals surface area (Å²) in [4.78, 5) is 2.32. The van der Waals surface area contributed by atoms with Crippen LogP contribution < -0.4 is 4.90 Å². The number of benzene rings is 1. The largest absolute Gasteiger partial charge is 0.360 e. The van der Waals surface area contributed by atoms with E-state index in [9.17, 15) is 4.39 Å². The molecule has 0 unspecified atom stereocenters. The highest BCUT2D eigenvalue weighted by molar-refractivity contribution is 5.46. The minimum Gasteiger partial charge on any atom is -0.360 e. The fraction of sp³-hybridized carbons (Fsp3) is 0.571. The zero-order valence-electron chi connectivity index (χ0n) is 10.2. The van der Waals surface area contributed by atoms with Crippen LogP contribution >= 0.6 is 0 Å². The summed E-state index contributed by atoms with van der Waals surface area (Å²) < 4.78 is 14.5. The van der Waals surface area contributed by atoms with E-state index >= 15 is 0 Å². The molecule has 0 saturated carbocycles. The van der Waals surface area contributed by atoms with Gasteiger partial charge in [-0.3, -0.25) is 0 Å². The van der Waals surface area contributed by atoms with Crippen molar-refractivity contribution in [3.05, 3.63) is 30.1 Å². The molecule has 3 heteroatoms. The van der Waals surface area contributed by atoms with Crippen molar-refractivity contribution in [3.63, 3.8) is 0 Å². The van der Waals surface area contributed by atoms with E-state index in [2.05, 4.69) is 4.90 Å². The second-order valence-corrected chi connectivity index (χ2v) is 5.41. The average Bonchev–Trinajstić information content (AvgIpc) is 2.79. The van der Waals surface area contributed by atoms with Crippen LogP contribution in [0.2, 0.25) is 0 Å². The first-order valence-electron chi connectivity index (χ1n) is 6.63. The van der Waals surface area contributed by atoms with E-state index in [1.807, 2.05) is 6.07 Å². The van der Waals surface area contributed by atoms with Crippen LogP contribution in [0.5, 0.6) is 0 Å². The topological polar surface area (TPSA) is 3.24 Å². The third-order valence-corrected chi connectivity index (χ3v) is 4.38. The summed E-state index contributed by atoms with van der Waals surface area (Å²) in [5.74, 6) is -0.127. The summed E-state index contributed by atoms with van der Waals surface area (Å²) in [5, 5.41) is 0. The molecule has 2 fully saturated rings. The SMILES string of the molecule is Fc1cccc(N2CC[N+]3(CCCC3)CC2)c1. The summed E-state index contributed by atoms with van der Waals surface area (Å²) in [6.45, 7) is 7.33. The number of anilines is 1. The van der Waals surface area contributed by atoms with Crippen molar-refractivity contribution >= 4 is 5.69 Å². The van der Waals surface area contributed by atoms with Gasteiger partial charge in [-0.25, -0.2) is 4.39 Å². The van der Waals surface area contributed by atoms with Crippen LogP contribution in [-0.2, 0) is 0 Å². The molecular weight excluding hydrogens is 215 g/mol. The standard InChI is InChI=1S/C14H20FN2/c15-13-4-3-5-14(12-13)16-6-10-17(11-7-16)8-1-2-9-17/h3-5,12H,1-2,6-11H2/q+1. The zero-order chi connectivity index (χ0) is 11.7. The maximum Gasteiger partial charge on any atom is 0.125 e. The molecule has 0 N–H and O–H groups in total. The number of piperazine rings is 1. The van der Waals surface area contributed by atoms with Crippen LogP contribution in [-0.4, -0.2) is 43.8 Å². The van der Waals surface area contributed by atoms with Gasteiger partial charge in [-0.2, -0.15) is 0 Å². The van der Waals surface area contributed by atoms with Crippen molar-refractivity contribution < 1.29 is 8.87 Å². The van der Waals surface area contributed by atoms with Crippen LogP contribution in [0.4, 0.5) is 10.1 Å². The van der Waals surface area contributed by atoms with E-state index in [1.54, 1.807) is 12.1 Å². The van der Waals surface area contributed by atoms with Gasteiger partial charge in [0, 0.05) is 18.5 Å². The van der Waals surface area contributed by atoms with Gasteiger partial charge in [-0.05, 0) is 18.2 Å². The fourth-order valence-corrected chi connectivity index (χ4v) is 3.27. The molecule has 1 aromatic carbocycles. The molecule has 17 heavy (non-hydrogen) atoms. The molecule has 0 atom stereocenters. The van der Waals surface area contributed by atoms with Crippen LogP contribution in [0.3, 0.4) is 0 Å². The number of halogens is 1. The molecule has 1 aromatic rings. The lowest BCUT2D eigenvalue weighted by molar-refractivity contribution is -0.917. The second-order valence-electron chi connectivity index (χ2n) is 5.41. The molecule has 0 aromatic heterocycles. The van der Waals surface area contributed by atoms with Gasteiger partial charge < -0.3 is 9.38 Å². The number of hydrogen-bond acceptors (Lipinski definition) is 1. The van der Waals surface area contributed by atoms with Crippen molar-refractivity contribution in [1.82, 2.24) is 0 Å². The fourth-order valence-electron chi connectivity index (χ4n) is 3.27. The lowest BCUT2D eigenvalue weighted by Crippen LogP contribution is -2.58. The number of hydrogen-bond donors (Lipinski definition) is 0. The molecule has 0 aliphatic carbocycles. The van der Waals surface area contributed by atoms with Gasteiger partial charge in [0.15, 0.2) is 0 Å². The van der Waals surface area contributed by atoms with Crippen LogP contribution in [0, 0.1) is 5.82 Å². The average molecular weight is 235 g/mol. The molecule has 2 aliphatic heterocycles. The summed E-state index contributed by atoms with van der Waals surface area (Å²) in [7, 11) is 0.